The highest BCUT2D eigenvalue weighted by Gasteiger charge is 2.14. The summed E-state index contributed by atoms with van der Waals surface area (Å²) >= 11 is 0. The van der Waals surface area contributed by atoms with Gasteiger partial charge in [-0.25, -0.2) is 9.93 Å². The van der Waals surface area contributed by atoms with Gasteiger partial charge in [0.2, 0.25) is 0 Å². The highest BCUT2D eigenvalue weighted by atomic mass is 19.1. The van der Waals surface area contributed by atoms with E-state index in [2.05, 4.69) is 35.4 Å². The second-order valence-corrected chi connectivity index (χ2v) is 3.72. The van der Waals surface area contributed by atoms with Crippen molar-refractivity contribution in [1.29, 1.82) is 0 Å². The van der Waals surface area contributed by atoms with Gasteiger partial charge in [-0.05, 0) is 23.6 Å². The lowest BCUT2D eigenvalue weighted by molar-refractivity contribution is 0.576. The van der Waals surface area contributed by atoms with E-state index in [9.17, 15) is 4.39 Å². The first-order chi connectivity index (χ1) is 7.18. The van der Waals surface area contributed by atoms with Gasteiger partial charge in [0, 0.05) is 0 Å². The minimum Gasteiger partial charge on any atom is -0.285 e. The Kier molecular flexibility index (Phi) is 2.55. The van der Waals surface area contributed by atoms with Gasteiger partial charge in [-0.15, -0.1) is 10.6 Å². The zero-order chi connectivity index (χ0) is 10.8. The smallest absolute Gasteiger partial charge is 0.173 e. The molecule has 0 fully saturated rings. The van der Waals surface area contributed by atoms with Crippen molar-refractivity contribution in [1.82, 2.24) is 16.5 Å². The molecule has 0 spiro atoms. The van der Waals surface area contributed by atoms with Crippen LogP contribution in [0, 0.1) is 5.82 Å². The first kappa shape index (κ1) is 9.92. The molecule has 0 radical (unpaired) electrons. The Hall–Kier alpha value is -1.62. The van der Waals surface area contributed by atoms with E-state index in [0.29, 0.717) is 17.3 Å². The first-order valence-corrected chi connectivity index (χ1v) is 4.82. The maximum Gasteiger partial charge on any atom is 0.173 e. The Bertz CT molecular complexity index is 400. The van der Waals surface area contributed by atoms with E-state index < -0.39 is 0 Å². The Morgan fingerprint density at radius 2 is 2.13 bits per heavy atom. The molecule has 1 aromatic carbocycles. The summed E-state index contributed by atoms with van der Waals surface area (Å²) in [6, 6.07) is 5.06. The number of benzene rings is 1. The lowest BCUT2D eigenvalue weighted by atomic mass is 10.0. The van der Waals surface area contributed by atoms with Gasteiger partial charge >= 0.3 is 0 Å². The van der Waals surface area contributed by atoms with E-state index in [1.807, 2.05) is 0 Å². The average Bonchev–Trinajstić information content (AvgIpc) is 2.71. The zero-order valence-corrected chi connectivity index (χ0v) is 8.63. The van der Waals surface area contributed by atoms with Crippen LogP contribution in [-0.4, -0.2) is 5.84 Å². The summed E-state index contributed by atoms with van der Waals surface area (Å²) in [5, 5.41) is 3.87. The molecule has 1 aromatic rings. The monoisotopic (exact) mass is 208 g/mol. The molecule has 0 atom stereocenters. The predicted molar refractivity (Wildman–Crippen MR) is 56.4 cm³/mol. The maximum absolute atomic E-state index is 13.5. The van der Waals surface area contributed by atoms with E-state index in [-0.39, 0.29) is 5.82 Å². The molecule has 0 bridgehead atoms. The van der Waals surface area contributed by atoms with E-state index in [1.165, 1.54) is 6.07 Å². The lowest BCUT2D eigenvalue weighted by Gasteiger charge is -2.08. The number of hydrazine groups is 2. The van der Waals surface area contributed by atoms with Crippen molar-refractivity contribution in [2.24, 2.45) is 5.10 Å². The van der Waals surface area contributed by atoms with Crippen molar-refractivity contribution in [2.45, 2.75) is 19.8 Å². The van der Waals surface area contributed by atoms with E-state index >= 15 is 0 Å². The third-order valence-electron chi connectivity index (χ3n) is 2.32. The van der Waals surface area contributed by atoms with Gasteiger partial charge in [-0.1, -0.05) is 19.9 Å². The van der Waals surface area contributed by atoms with Crippen LogP contribution in [0.5, 0.6) is 0 Å². The van der Waals surface area contributed by atoms with Gasteiger partial charge in [-0.2, -0.15) is 0 Å². The van der Waals surface area contributed by atoms with Gasteiger partial charge in [0.15, 0.2) is 5.84 Å². The molecule has 0 unspecified atom stereocenters. The Morgan fingerprint density at radius 1 is 1.33 bits per heavy atom. The third-order valence-corrected chi connectivity index (χ3v) is 2.32. The summed E-state index contributed by atoms with van der Waals surface area (Å²) in [7, 11) is 0. The summed E-state index contributed by atoms with van der Waals surface area (Å²) in [5.74, 6) is 0.554. The molecule has 1 heterocycles. The standard InChI is InChI=1S/C10H13FN4/c1-6(2)7-3-4-9(11)8(5-7)10-12-14-15-13-10/h3-6,14-15H,1-2H3,(H,12,13). The fourth-order valence-corrected chi connectivity index (χ4v) is 1.41. The first-order valence-electron chi connectivity index (χ1n) is 4.82. The Morgan fingerprint density at radius 3 is 2.73 bits per heavy atom. The normalized spacial score (nSPS) is 14.8. The van der Waals surface area contributed by atoms with E-state index in [0.717, 1.165) is 5.56 Å². The summed E-state index contributed by atoms with van der Waals surface area (Å²) in [4.78, 5) is 0. The second-order valence-electron chi connectivity index (χ2n) is 3.72. The summed E-state index contributed by atoms with van der Waals surface area (Å²) in [6.07, 6.45) is 0. The summed E-state index contributed by atoms with van der Waals surface area (Å²) in [6.45, 7) is 4.13. The number of rotatable bonds is 2. The van der Waals surface area contributed by atoms with E-state index in [4.69, 9.17) is 0 Å². The molecule has 2 rings (SSSR count). The SMILES string of the molecule is CC(C)c1ccc(F)c(C2=NNNN2)c1. The largest absolute Gasteiger partial charge is 0.285 e. The maximum atomic E-state index is 13.5. The molecule has 0 saturated heterocycles. The third kappa shape index (κ3) is 1.92. The van der Waals surface area contributed by atoms with Crippen LogP contribution in [0.25, 0.3) is 0 Å². The number of halogens is 1. The molecular weight excluding hydrogens is 195 g/mol. The van der Waals surface area contributed by atoms with Crippen LogP contribution in [0.3, 0.4) is 0 Å². The molecule has 0 saturated carbocycles. The van der Waals surface area contributed by atoms with Crippen molar-refractivity contribution in [3.8, 4) is 0 Å². The lowest BCUT2D eigenvalue weighted by Crippen LogP contribution is -2.35. The molecule has 1 aliphatic rings. The van der Waals surface area contributed by atoms with Gasteiger partial charge in [0.25, 0.3) is 0 Å². The molecule has 0 aromatic heterocycles. The molecule has 3 N–H and O–H groups in total. The van der Waals surface area contributed by atoms with Crippen molar-refractivity contribution in [2.75, 3.05) is 0 Å². The average molecular weight is 208 g/mol. The zero-order valence-electron chi connectivity index (χ0n) is 8.63. The summed E-state index contributed by atoms with van der Waals surface area (Å²) in [5.41, 5.74) is 9.37. The minimum atomic E-state index is -0.281. The topological polar surface area (TPSA) is 48.5 Å². The van der Waals surface area contributed by atoms with Crippen LogP contribution < -0.4 is 16.5 Å². The van der Waals surface area contributed by atoms with Gasteiger partial charge in [-0.3, -0.25) is 5.43 Å². The van der Waals surface area contributed by atoms with Crippen LogP contribution in [0.1, 0.15) is 30.9 Å². The molecular formula is C10H13FN4. The van der Waals surface area contributed by atoms with Gasteiger partial charge < -0.3 is 0 Å². The number of hydrogen-bond acceptors (Lipinski definition) is 4. The Labute approximate surface area is 87.5 Å². The van der Waals surface area contributed by atoms with Crippen LogP contribution in [0.4, 0.5) is 4.39 Å². The quantitative estimate of drug-likeness (QED) is 0.685. The fourth-order valence-electron chi connectivity index (χ4n) is 1.41. The second kappa shape index (κ2) is 3.86. The number of hydrogen-bond donors (Lipinski definition) is 3. The molecule has 15 heavy (non-hydrogen) atoms. The number of nitrogens with zero attached hydrogens (tertiary/aromatic N) is 1. The van der Waals surface area contributed by atoms with Crippen LogP contribution in [0.15, 0.2) is 23.3 Å². The molecule has 80 valence electrons. The van der Waals surface area contributed by atoms with Gasteiger partial charge in [0.05, 0.1) is 5.56 Å². The molecule has 1 aliphatic heterocycles. The molecule has 4 nitrogen and oxygen atoms in total. The Balaban J connectivity index is 2.40. The van der Waals surface area contributed by atoms with Crippen LogP contribution in [-0.2, 0) is 0 Å². The highest BCUT2D eigenvalue weighted by Crippen LogP contribution is 2.18. The van der Waals surface area contributed by atoms with Crippen LogP contribution >= 0.6 is 0 Å². The predicted octanol–water partition coefficient (Wildman–Crippen LogP) is 1.22. The van der Waals surface area contributed by atoms with Gasteiger partial charge in [0.1, 0.15) is 5.82 Å². The van der Waals surface area contributed by atoms with Crippen molar-refractivity contribution in [3.05, 3.63) is 35.1 Å². The van der Waals surface area contributed by atoms with Crippen molar-refractivity contribution >= 4 is 5.84 Å². The van der Waals surface area contributed by atoms with Crippen molar-refractivity contribution in [3.63, 3.8) is 0 Å². The molecule has 5 heteroatoms. The fraction of sp³-hybridized carbons (Fsp3) is 0.300. The minimum absolute atomic E-state index is 0.281. The van der Waals surface area contributed by atoms with Crippen molar-refractivity contribution < 1.29 is 4.39 Å². The van der Waals surface area contributed by atoms with E-state index in [1.54, 1.807) is 12.1 Å². The number of nitrogens with one attached hydrogen (secondary N) is 3. The summed E-state index contributed by atoms with van der Waals surface area (Å²) < 4.78 is 13.5. The number of hydrazone groups is 1. The van der Waals surface area contributed by atoms with Crippen LogP contribution in [0.2, 0.25) is 0 Å². The molecule has 0 amide bonds. The highest BCUT2D eigenvalue weighted by molar-refractivity contribution is 5.99. The number of amidine groups is 1. The molecule has 0 aliphatic carbocycles.